The summed E-state index contributed by atoms with van der Waals surface area (Å²) < 4.78 is 0. The van der Waals surface area contributed by atoms with Gasteiger partial charge in [-0.25, -0.2) is 0 Å². The number of nitrogens with zero attached hydrogens (tertiary/aromatic N) is 1. The van der Waals surface area contributed by atoms with Gasteiger partial charge in [0, 0.05) is 25.7 Å². The first-order valence-electron chi connectivity index (χ1n) is 8.37. The first-order valence-corrected chi connectivity index (χ1v) is 8.37. The van der Waals surface area contributed by atoms with Gasteiger partial charge in [0.2, 0.25) is 5.91 Å². The van der Waals surface area contributed by atoms with E-state index in [0.29, 0.717) is 0 Å². The molecular formula is C18H30ClN3O. The van der Waals surface area contributed by atoms with Crippen molar-refractivity contribution in [1.29, 1.82) is 0 Å². The highest BCUT2D eigenvalue weighted by molar-refractivity contribution is 5.86. The third-order valence-corrected chi connectivity index (χ3v) is 4.46. The van der Waals surface area contributed by atoms with Gasteiger partial charge in [0.1, 0.15) is 0 Å². The molecule has 1 atom stereocenters. The Morgan fingerprint density at radius 3 is 2.48 bits per heavy atom. The minimum absolute atomic E-state index is 0. The Hall–Kier alpha value is -1.10. The Morgan fingerprint density at radius 1 is 1.30 bits per heavy atom. The highest BCUT2D eigenvalue weighted by Gasteiger charge is 2.30. The van der Waals surface area contributed by atoms with E-state index in [-0.39, 0.29) is 24.4 Å². The molecular weight excluding hydrogens is 310 g/mol. The normalized spacial score (nSPS) is 18.7. The van der Waals surface area contributed by atoms with Crippen LogP contribution in [0.5, 0.6) is 0 Å². The summed E-state index contributed by atoms with van der Waals surface area (Å²) in [5.74, 6) is -0.00383. The van der Waals surface area contributed by atoms with Crippen LogP contribution in [0.2, 0.25) is 0 Å². The fourth-order valence-electron chi connectivity index (χ4n) is 3.06. The van der Waals surface area contributed by atoms with E-state index >= 15 is 0 Å². The van der Waals surface area contributed by atoms with Gasteiger partial charge < -0.3 is 11.1 Å². The topological polar surface area (TPSA) is 58.4 Å². The Morgan fingerprint density at radius 2 is 1.91 bits per heavy atom. The van der Waals surface area contributed by atoms with E-state index in [2.05, 4.69) is 41.4 Å². The lowest BCUT2D eigenvalue weighted by atomic mass is 9.95. The van der Waals surface area contributed by atoms with Crippen molar-refractivity contribution in [2.45, 2.75) is 57.7 Å². The van der Waals surface area contributed by atoms with Gasteiger partial charge in [0.05, 0.1) is 5.54 Å². The molecule has 23 heavy (non-hydrogen) atoms. The Kier molecular flexibility index (Phi) is 8.03. The summed E-state index contributed by atoms with van der Waals surface area (Å²) in [6.45, 7) is 6.92. The molecule has 0 aliphatic carbocycles. The molecule has 1 unspecified atom stereocenters. The summed E-state index contributed by atoms with van der Waals surface area (Å²) in [6.07, 6.45) is 3.66. The number of nitrogens with two attached hydrogens (primary N) is 1. The molecule has 3 N–H and O–H groups in total. The SMILES string of the molecule is CCCC(C)(N)C(=O)NC1CCN(Cc2ccccc2)CC1.Cl. The van der Waals surface area contributed by atoms with Crippen LogP contribution >= 0.6 is 12.4 Å². The molecule has 4 nitrogen and oxygen atoms in total. The van der Waals surface area contributed by atoms with Crippen LogP contribution in [0.4, 0.5) is 0 Å². The van der Waals surface area contributed by atoms with Crippen molar-refractivity contribution in [3.8, 4) is 0 Å². The molecule has 0 radical (unpaired) electrons. The number of amides is 1. The lowest BCUT2D eigenvalue weighted by Gasteiger charge is -2.34. The first kappa shape index (κ1) is 19.9. The molecule has 0 saturated carbocycles. The number of likely N-dealkylation sites (tertiary alicyclic amines) is 1. The average molecular weight is 340 g/mol. The van der Waals surface area contributed by atoms with Gasteiger partial charge in [-0.15, -0.1) is 12.4 Å². The predicted octanol–water partition coefficient (Wildman–Crippen LogP) is 2.71. The molecule has 0 bridgehead atoms. The van der Waals surface area contributed by atoms with Gasteiger partial charge in [-0.05, 0) is 31.7 Å². The second-order valence-electron chi connectivity index (χ2n) is 6.68. The van der Waals surface area contributed by atoms with Gasteiger partial charge in [-0.2, -0.15) is 0 Å². The number of hydrogen-bond donors (Lipinski definition) is 2. The predicted molar refractivity (Wildman–Crippen MR) is 97.6 cm³/mol. The standard InChI is InChI=1S/C18H29N3O.ClH/c1-3-11-18(2,19)17(22)20-16-9-12-21(13-10-16)14-15-7-5-4-6-8-15;/h4-8,16H,3,9-14,19H2,1-2H3,(H,20,22);1H. The Balaban J connectivity index is 0.00000264. The third-order valence-electron chi connectivity index (χ3n) is 4.46. The maximum absolute atomic E-state index is 12.2. The fraction of sp³-hybridized carbons (Fsp3) is 0.611. The second-order valence-corrected chi connectivity index (χ2v) is 6.68. The summed E-state index contributed by atoms with van der Waals surface area (Å²) >= 11 is 0. The molecule has 1 amide bonds. The maximum Gasteiger partial charge on any atom is 0.240 e. The molecule has 1 fully saturated rings. The average Bonchev–Trinajstić information content (AvgIpc) is 2.50. The smallest absolute Gasteiger partial charge is 0.240 e. The minimum Gasteiger partial charge on any atom is -0.352 e. The lowest BCUT2D eigenvalue weighted by molar-refractivity contribution is -0.127. The number of halogens is 1. The molecule has 130 valence electrons. The number of carbonyl (C=O) groups excluding carboxylic acids is 1. The largest absolute Gasteiger partial charge is 0.352 e. The van der Waals surface area contributed by atoms with Crippen molar-refractivity contribution < 1.29 is 4.79 Å². The molecule has 5 heteroatoms. The molecule has 1 aromatic rings. The van der Waals surface area contributed by atoms with Crippen molar-refractivity contribution in [2.75, 3.05) is 13.1 Å². The molecule has 1 aromatic carbocycles. The summed E-state index contributed by atoms with van der Waals surface area (Å²) in [5, 5.41) is 3.14. The van der Waals surface area contributed by atoms with Crippen LogP contribution in [0.3, 0.4) is 0 Å². The van der Waals surface area contributed by atoms with E-state index in [0.717, 1.165) is 45.3 Å². The Labute approximate surface area is 146 Å². The fourth-order valence-corrected chi connectivity index (χ4v) is 3.06. The molecule has 1 heterocycles. The second kappa shape index (κ2) is 9.26. The zero-order valence-electron chi connectivity index (χ0n) is 14.3. The number of piperidine rings is 1. The first-order chi connectivity index (χ1) is 10.5. The number of hydrogen-bond acceptors (Lipinski definition) is 3. The van der Waals surface area contributed by atoms with Gasteiger partial charge in [-0.1, -0.05) is 43.7 Å². The number of rotatable bonds is 6. The van der Waals surface area contributed by atoms with E-state index in [1.54, 1.807) is 0 Å². The van der Waals surface area contributed by atoms with Crippen molar-refractivity contribution in [1.82, 2.24) is 10.2 Å². The molecule has 0 aromatic heterocycles. The summed E-state index contributed by atoms with van der Waals surface area (Å²) in [7, 11) is 0. The Bertz CT molecular complexity index is 470. The minimum atomic E-state index is -0.740. The van der Waals surface area contributed by atoms with Gasteiger partial charge >= 0.3 is 0 Å². The van der Waals surface area contributed by atoms with E-state index < -0.39 is 5.54 Å². The van der Waals surface area contributed by atoms with Crippen molar-refractivity contribution in [3.63, 3.8) is 0 Å². The van der Waals surface area contributed by atoms with E-state index in [4.69, 9.17) is 5.73 Å². The molecule has 1 saturated heterocycles. The van der Waals surface area contributed by atoms with Crippen LogP contribution in [0.15, 0.2) is 30.3 Å². The van der Waals surface area contributed by atoms with Gasteiger partial charge in [0.15, 0.2) is 0 Å². The number of carbonyl (C=O) groups is 1. The molecule has 1 aliphatic heterocycles. The highest BCUT2D eigenvalue weighted by atomic mass is 35.5. The van der Waals surface area contributed by atoms with Crippen molar-refractivity contribution in [2.24, 2.45) is 5.73 Å². The van der Waals surface area contributed by atoms with Crippen LogP contribution in [-0.2, 0) is 11.3 Å². The molecule has 1 aliphatic rings. The van der Waals surface area contributed by atoms with Crippen LogP contribution in [0.25, 0.3) is 0 Å². The lowest BCUT2D eigenvalue weighted by Crippen LogP contribution is -2.55. The van der Waals surface area contributed by atoms with Crippen LogP contribution < -0.4 is 11.1 Å². The van der Waals surface area contributed by atoms with E-state index in [1.807, 2.05) is 13.0 Å². The van der Waals surface area contributed by atoms with E-state index in [1.165, 1.54) is 5.56 Å². The molecule has 0 spiro atoms. The van der Waals surface area contributed by atoms with Crippen LogP contribution in [0.1, 0.15) is 45.1 Å². The highest BCUT2D eigenvalue weighted by Crippen LogP contribution is 2.15. The summed E-state index contributed by atoms with van der Waals surface area (Å²) in [4.78, 5) is 14.7. The number of nitrogens with one attached hydrogen (secondary N) is 1. The van der Waals surface area contributed by atoms with Gasteiger partial charge in [0.25, 0.3) is 0 Å². The monoisotopic (exact) mass is 339 g/mol. The maximum atomic E-state index is 12.2. The summed E-state index contributed by atoms with van der Waals surface area (Å²) in [5.41, 5.74) is 6.70. The quantitative estimate of drug-likeness (QED) is 0.837. The third kappa shape index (κ3) is 6.13. The van der Waals surface area contributed by atoms with Crippen molar-refractivity contribution >= 4 is 18.3 Å². The van der Waals surface area contributed by atoms with Crippen LogP contribution in [0, 0.1) is 0 Å². The van der Waals surface area contributed by atoms with Crippen molar-refractivity contribution in [3.05, 3.63) is 35.9 Å². The zero-order valence-corrected chi connectivity index (χ0v) is 15.1. The number of benzene rings is 1. The zero-order chi connectivity index (χ0) is 16.0. The molecule has 2 rings (SSSR count). The summed E-state index contributed by atoms with van der Waals surface area (Å²) in [6, 6.07) is 10.8. The van der Waals surface area contributed by atoms with Crippen LogP contribution in [-0.4, -0.2) is 35.5 Å². The van der Waals surface area contributed by atoms with Gasteiger partial charge in [-0.3, -0.25) is 9.69 Å². The van der Waals surface area contributed by atoms with E-state index in [9.17, 15) is 4.79 Å².